The van der Waals surface area contributed by atoms with Crippen molar-refractivity contribution < 1.29 is 9.59 Å². The molecule has 1 aromatic heterocycles. The number of carbonyl (C=O) groups excluding carboxylic acids is 2. The Morgan fingerprint density at radius 2 is 1.68 bits per heavy atom. The number of aromatic nitrogens is 1. The van der Waals surface area contributed by atoms with Crippen molar-refractivity contribution in [3.8, 4) is 0 Å². The molecule has 28 heavy (non-hydrogen) atoms. The summed E-state index contributed by atoms with van der Waals surface area (Å²) in [6.45, 7) is 0.346. The van der Waals surface area contributed by atoms with Crippen molar-refractivity contribution in [2.75, 3.05) is 5.32 Å². The van der Waals surface area contributed by atoms with Crippen LogP contribution in [0, 0.1) is 0 Å². The Kier molecular flexibility index (Phi) is 6.63. The fourth-order valence-electron chi connectivity index (χ4n) is 2.56. The maximum absolute atomic E-state index is 12.2. The van der Waals surface area contributed by atoms with Crippen LogP contribution in [0.3, 0.4) is 0 Å². The van der Waals surface area contributed by atoms with Gasteiger partial charge in [0.25, 0.3) is 5.91 Å². The Morgan fingerprint density at radius 1 is 0.893 bits per heavy atom. The monoisotopic (exact) mass is 413 g/mol. The molecule has 3 aromatic rings. The second kappa shape index (κ2) is 9.35. The van der Waals surface area contributed by atoms with Crippen molar-refractivity contribution in [1.82, 2.24) is 10.3 Å². The fourth-order valence-corrected chi connectivity index (χ4v) is 2.88. The molecule has 0 saturated carbocycles. The van der Waals surface area contributed by atoms with Gasteiger partial charge in [-0.3, -0.25) is 14.6 Å². The summed E-state index contributed by atoms with van der Waals surface area (Å²) in [6, 6.07) is 15.7. The lowest BCUT2D eigenvalue weighted by molar-refractivity contribution is -0.120. The molecule has 2 aromatic carbocycles. The van der Waals surface area contributed by atoms with Gasteiger partial charge in [-0.15, -0.1) is 0 Å². The van der Waals surface area contributed by atoms with Gasteiger partial charge in [0.15, 0.2) is 0 Å². The van der Waals surface area contributed by atoms with Gasteiger partial charge >= 0.3 is 0 Å². The zero-order valence-corrected chi connectivity index (χ0v) is 16.3. The molecule has 0 unspecified atom stereocenters. The number of carbonyl (C=O) groups is 2. The fraction of sp³-hybridized carbons (Fsp3) is 0.0952. The molecule has 5 nitrogen and oxygen atoms in total. The van der Waals surface area contributed by atoms with Crippen LogP contribution in [-0.2, 0) is 17.8 Å². The first-order valence-electron chi connectivity index (χ1n) is 8.52. The molecule has 0 aliphatic rings. The number of nitrogens with zero attached hydrogens (tertiary/aromatic N) is 1. The van der Waals surface area contributed by atoms with Gasteiger partial charge in [-0.1, -0.05) is 41.4 Å². The van der Waals surface area contributed by atoms with E-state index in [1.54, 1.807) is 48.8 Å². The Morgan fingerprint density at radius 3 is 2.43 bits per heavy atom. The molecule has 2 N–H and O–H groups in total. The molecule has 0 aliphatic heterocycles. The minimum atomic E-state index is -0.219. The van der Waals surface area contributed by atoms with E-state index in [2.05, 4.69) is 15.6 Å². The van der Waals surface area contributed by atoms with Crippen LogP contribution in [0.5, 0.6) is 0 Å². The third kappa shape index (κ3) is 5.55. The lowest BCUT2D eigenvalue weighted by Gasteiger charge is -2.09. The summed E-state index contributed by atoms with van der Waals surface area (Å²) < 4.78 is 0. The summed E-state index contributed by atoms with van der Waals surface area (Å²) in [7, 11) is 0. The van der Waals surface area contributed by atoms with Crippen molar-refractivity contribution in [3.63, 3.8) is 0 Å². The number of amides is 2. The van der Waals surface area contributed by atoms with Gasteiger partial charge in [0.2, 0.25) is 5.91 Å². The molecule has 0 atom stereocenters. The Balaban J connectivity index is 1.56. The van der Waals surface area contributed by atoms with E-state index < -0.39 is 0 Å². The van der Waals surface area contributed by atoms with E-state index in [4.69, 9.17) is 23.2 Å². The highest BCUT2D eigenvalue weighted by Crippen LogP contribution is 2.22. The van der Waals surface area contributed by atoms with Crippen LogP contribution in [0.2, 0.25) is 10.0 Å². The van der Waals surface area contributed by atoms with Gasteiger partial charge in [0, 0.05) is 30.2 Å². The van der Waals surface area contributed by atoms with E-state index in [9.17, 15) is 9.59 Å². The summed E-state index contributed by atoms with van der Waals surface area (Å²) in [5.74, 6) is -0.354. The van der Waals surface area contributed by atoms with E-state index >= 15 is 0 Å². The quantitative estimate of drug-likeness (QED) is 0.624. The number of anilines is 1. The molecule has 1 heterocycles. The lowest BCUT2D eigenvalue weighted by atomic mass is 10.1. The maximum atomic E-state index is 12.2. The van der Waals surface area contributed by atoms with Crippen molar-refractivity contribution in [2.24, 2.45) is 0 Å². The van der Waals surface area contributed by atoms with E-state index in [-0.39, 0.29) is 18.2 Å². The second-order valence-electron chi connectivity index (χ2n) is 6.09. The van der Waals surface area contributed by atoms with Crippen molar-refractivity contribution in [1.29, 1.82) is 0 Å². The third-order valence-corrected chi connectivity index (χ3v) is 4.70. The Labute approximate surface area is 172 Å². The zero-order valence-electron chi connectivity index (χ0n) is 14.8. The minimum absolute atomic E-state index is 0.135. The largest absolute Gasteiger partial charge is 0.352 e. The number of rotatable bonds is 6. The first kappa shape index (κ1) is 19.9. The second-order valence-corrected chi connectivity index (χ2v) is 6.91. The lowest BCUT2D eigenvalue weighted by Crippen LogP contribution is -2.24. The van der Waals surface area contributed by atoms with Crippen LogP contribution in [0.4, 0.5) is 5.69 Å². The van der Waals surface area contributed by atoms with Crippen molar-refractivity contribution >= 4 is 40.7 Å². The highest BCUT2D eigenvalue weighted by atomic mass is 35.5. The Bertz CT molecular complexity index is 994. The summed E-state index contributed by atoms with van der Waals surface area (Å²) in [4.78, 5) is 28.3. The van der Waals surface area contributed by atoms with E-state index in [1.165, 1.54) is 0 Å². The molecule has 0 saturated heterocycles. The van der Waals surface area contributed by atoms with Crippen LogP contribution in [-0.4, -0.2) is 16.8 Å². The molecular formula is C21H17Cl2N3O2. The number of benzene rings is 2. The van der Waals surface area contributed by atoms with Crippen LogP contribution < -0.4 is 10.6 Å². The van der Waals surface area contributed by atoms with E-state index in [0.717, 1.165) is 11.1 Å². The topological polar surface area (TPSA) is 71.1 Å². The SMILES string of the molecule is O=C(Cc1ccc(Cl)c(Cl)c1)NCc1cccc(NC(=O)c2ccncc2)c1. The molecular weight excluding hydrogens is 397 g/mol. The summed E-state index contributed by atoms with van der Waals surface area (Å²) >= 11 is 11.9. The number of hydrogen-bond donors (Lipinski definition) is 2. The number of pyridine rings is 1. The average molecular weight is 414 g/mol. The van der Waals surface area contributed by atoms with Crippen molar-refractivity contribution in [3.05, 3.63) is 93.7 Å². The van der Waals surface area contributed by atoms with Gasteiger partial charge in [-0.25, -0.2) is 0 Å². The van der Waals surface area contributed by atoms with Crippen LogP contribution in [0.1, 0.15) is 21.5 Å². The van der Waals surface area contributed by atoms with Gasteiger partial charge in [0.05, 0.1) is 16.5 Å². The minimum Gasteiger partial charge on any atom is -0.352 e. The highest BCUT2D eigenvalue weighted by Gasteiger charge is 2.08. The number of halogens is 2. The first-order chi connectivity index (χ1) is 13.5. The molecule has 0 bridgehead atoms. The molecule has 0 radical (unpaired) electrons. The molecule has 0 aliphatic carbocycles. The predicted octanol–water partition coefficient (Wildman–Crippen LogP) is 4.50. The van der Waals surface area contributed by atoms with Gasteiger partial charge in [-0.05, 0) is 47.5 Å². The number of hydrogen-bond acceptors (Lipinski definition) is 3. The van der Waals surface area contributed by atoms with Crippen LogP contribution >= 0.6 is 23.2 Å². The zero-order chi connectivity index (χ0) is 19.9. The molecule has 0 fully saturated rings. The predicted molar refractivity (Wildman–Crippen MR) is 111 cm³/mol. The molecule has 142 valence electrons. The Hall–Kier alpha value is -2.89. The van der Waals surface area contributed by atoms with Gasteiger partial charge < -0.3 is 10.6 Å². The van der Waals surface area contributed by atoms with Crippen molar-refractivity contribution in [2.45, 2.75) is 13.0 Å². The molecule has 3 rings (SSSR count). The molecule has 0 spiro atoms. The molecule has 7 heteroatoms. The smallest absolute Gasteiger partial charge is 0.255 e. The van der Waals surface area contributed by atoms with Crippen LogP contribution in [0.25, 0.3) is 0 Å². The third-order valence-electron chi connectivity index (χ3n) is 3.97. The van der Waals surface area contributed by atoms with Gasteiger partial charge in [-0.2, -0.15) is 0 Å². The summed E-state index contributed by atoms with van der Waals surface area (Å²) in [5.41, 5.74) is 2.83. The first-order valence-corrected chi connectivity index (χ1v) is 9.28. The highest BCUT2D eigenvalue weighted by molar-refractivity contribution is 6.42. The maximum Gasteiger partial charge on any atom is 0.255 e. The number of nitrogens with one attached hydrogen (secondary N) is 2. The molecule has 2 amide bonds. The van der Waals surface area contributed by atoms with Gasteiger partial charge in [0.1, 0.15) is 0 Å². The van der Waals surface area contributed by atoms with E-state index in [1.807, 2.05) is 18.2 Å². The van der Waals surface area contributed by atoms with E-state index in [0.29, 0.717) is 27.8 Å². The normalized spacial score (nSPS) is 10.4. The van der Waals surface area contributed by atoms with Crippen LogP contribution in [0.15, 0.2) is 67.0 Å². The standard InChI is InChI=1S/C21H17Cl2N3O2/c22-18-5-4-14(11-19(18)23)12-20(27)25-13-15-2-1-3-17(10-15)26-21(28)16-6-8-24-9-7-16/h1-11H,12-13H2,(H,25,27)(H,26,28). The summed E-state index contributed by atoms with van der Waals surface area (Å²) in [6.07, 6.45) is 3.33. The summed E-state index contributed by atoms with van der Waals surface area (Å²) in [5, 5.41) is 6.56. The average Bonchev–Trinajstić information content (AvgIpc) is 2.70.